The van der Waals surface area contributed by atoms with Gasteiger partial charge in [0, 0.05) is 21.4 Å². The van der Waals surface area contributed by atoms with Gasteiger partial charge in [-0.2, -0.15) is 0 Å². The molecule has 2 aromatic carbocycles. The molecule has 98 valence electrons. The second-order valence-corrected chi connectivity index (χ2v) is 5.49. The molecule has 0 radical (unpaired) electrons. The van der Waals surface area contributed by atoms with Crippen LogP contribution in [0.3, 0.4) is 0 Å². The Hall–Kier alpha value is -1.46. The zero-order valence-electron chi connectivity index (χ0n) is 10.2. The first-order chi connectivity index (χ1) is 8.97. The van der Waals surface area contributed by atoms with Crippen molar-refractivity contribution >= 4 is 44.5 Å². The Labute approximate surface area is 124 Å². The molecule has 0 aliphatic rings. The third-order valence-electron chi connectivity index (χ3n) is 2.72. The molecular weight excluding hydrogens is 327 g/mol. The lowest BCUT2D eigenvalue weighted by Gasteiger charge is -2.13. The maximum atomic E-state index is 13.2. The molecule has 19 heavy (non-hydrogen) atoms. The second kappa shape index (κ2) is 5.67. The predicted octanol–water partition coefficient (Wildman–Crippen LogP) is 4.27. The van der Waals surface area contributed by atoms with Gasteiger partial charge in [0.05, 0.1) is 0 Å². The van der Waals surface area contributed by atoms with E-state index in [1.165, 1.54) is 12.1 Å². The highest BCUT2D eigenvalue weighted by atomic mass is 79.9. The van der Waals surface area contributed by atoms with Gasteiger partial charge in [-0.3, -0.25) is 0 Å². The summed E-state index contributed by atoms with van der Waals surface area (Å²) in [5.41, 5.74) is 8.79. The Bertz CT molecular complexity index is 643. The first-order valence-electron chi connectivity index (χ1n) is 5.60. The van der Waals surface area contributed by atoms with Gasteiger partial charge in [0.25, 0.3) is 0 Å². The molecule has 0 heterocycles. The van der Waals surface area contributed by atoms with Gasteiger partial charge >= 0.3 is 0 Å². The van der Waals surface area contributed by atoms with Crippen LogP contribution >= 0.6 is 28.1 Å². The smallest absolute Gasteiger partial charge is 0.124 e. The number of thiocarbonyl (C=S) groups is 1. The standard InChI is InChI=1S/C14H12BrFN2S/c1-8-2-3-9(15)6-13(8)18-12-5-4-10(16)7-11(12)14(17)19/h2-7,18H,1H3,(H2,17,19). The number of halogens is 2. The fourth-order valence-corrected chi connectivity index (χ4v) is 2.23. The highest BCUT2D eigenvalue weighted by Crippen LogP contribution is 2.26. The number of aryl methyl sites for hydroxylation is 1. The van der Waals surface area contributed by atoms with Crippen molar-refractivity contribution in [2.24, 2.45) is 5.73 Å². The van der Waals surface area contributed by atoms with Gasteiger partial charge in [-0.1, -0.05) is 34.2 Å². The number of hydrogen-bond acceptors (Lipinski definition) is 2. The summed E-state index contributed by atoms with van der Waals surface area (Å²) in [4.78, 5) is 0.162. The van der Waals surface area contributed by atoms with Crippen molar-refractivity contribution in [3.63, 3.8) is 0 Å². The average molecular weight is 339 g/mol. The Morgan fingerprint density at radius 2 is 1.95 bits per heavy atom. The first kappa shape index (κ1) is 14.0. The van der Waals surface area contributed by atoms with Gasteiger partial charge in [-0.15, -0.1) is 0 Å². The van der Waals surface area contributed by atoms with E-state index in [2.05, 4.69) is 21.2 Å². The molecule has 0 unspecified atom stereocenters. The van der Waals surface area contributed by atoms with E-state index in [1.807, 2.05) is 25.1 Å². The molecule has 3 N–H and O–H groups in total. The Balaban J connectivity index is 2.43. The minimum Gasteiger partial charge on any atom is -0.389 e. The molecule has 0 aliphatic heterocycles. The van der Waals surface area contributed by atoms with E-state index in [9.17, 15) is 4.39 Å². The minimum absolute atomic E-state index is 0.162. The monoisotopic (exact) mass is 338 g/mol. The van der Waals surface area contributed by atoms with Crippen LogP contribution in [0.5, 0.6) is 0 Å². The number of hydrogen-bond donors (Lipinski definition) is 2. The normalized spacial score (nSPS) is 10.3. The Morgan fingerprint density at radius 3 is 2.63 bits per heavy atom. The van der Waals surface area contributed by atoms with Crippen molar-refractivity contribution in [3.05, 3.63) is 57.8 Å². The van der Waals surface area contributed by atoms with Gasteiger partial charge in [0.2, 0.25) is 0 Å². The molecule has 2 aromatic rings. The summed E-state index contributed by atoms with van der Waals surface area (Å²) in [6.07, 6.45) is 0. The second-order valence-electron chi connectivity index (χ2n) is 4.14. The maximum absolute atomic E-state index is 13.2. The lowest BCUT2D eigenvalue weighted by atomic mass is 10.1. The van der Waals surface area contributed by atoms with Crippen LogP contribution < -0.4 is 11.1 Å². The molecule has 0 aromatic heterocycles. The van der Waals surface area contributed by atoms with Gasteiger partial charge in [-0.25, -0.2) is 4.39 Å². The topological polar surface area (TPSA) is 38.0 Å². The molecule has 2 rings (SSSR count). The quantitative estimate of drug-likeness (QED) is 0.820. The first-order valence-corrected chi connectivity index (χ1v) is 6.80. The summed E-state index contributed by atoms with van der Waals surface area (Å²) < 4.78 is 14.2. The Morgan fingerprint density at radius 1 is 1.21 bits per heavy atom. The number of nitrogens with two attached hydrogens (primary N) is 1. The van der Waals surface area contributed by atoms with Crippen molar-refractivity contribution in [1.82, 2.24) is 0 Å². The summed E-state index contributed by atoms with van der Waals surface area (Å²) in [6.45, 7) is 1.98. The molecule has 0 amide bonds. The van der Waals surface area contributed by atoms with Crippen LogP contribution in [0.25, 0.3) is 0 Å². The molecule has 0 atom stereocenters. The number of benzene rings is 2. The van der Waals surface area contributed by atoms with Crippen molar-refractivity contribution < 1.29 is 4.39 Å². The van der Waals surface area contributed by atoms with Crippen molar-refractivity contribution in [2.75, 3.05) is 5.32 Å². The van der Waals surface area contributed by atoms with E-state index in [4.69, 9.17) is 18.0 Å². The molecule has 0 bridgehead atoms. The predicted molar refractivity (Wildman–Crippen MR) is 84.4 cm³/mol. The zero-order chi connectivity index (χ0) is 14.0. The average Bonchev–Trinajstić information content (AvgIpc) is 2.35. The molecule has 0 fully saturated rings. The van der Waals surface area contributed by atoms with Crippen molar-refractivity contribution in [2.45, 2.75) is 6.92 Å². The zero-order valence-corrected chi connectivity index (χ0v) is 12.6. The van der Waals surface area contributed by atoms with Gasteiger partial charge in [-0.05, 0) is 42.8 Å². The summed E-state index contributed by atoms with van der Waals surface area (Å²) in [7, 11) is 0. The number of rotatable bonds is 3. The number of nitrogens with one attached hydrogen (secondary N) is 1. The van der Waals surface area contributed by atoms with Crippen LogP contribution in [-0.2, 0) is 0 Å². The molecular formula is C14H12BrFN2S. The minimum atomic E-state index is -0.362. The van der Waals surface area contributed by atoms with Crippen molar-refractivity contribution in [3.8, 4) is 0 Å². The molecule has 0 saturated heterocycles. The van der Waals surface area contributed by atoms with E-state index in [1.54, 1.807) is 6.07 Å². The molecule has 0 saturated carbocycles. The van der Waals surface area contributed by atoms with Crippen molar-refractivity contribution in [1.29, 1.82) is 0 Å². The molecule has 0 aliphatic carbocycles. The van der Waals surface area contributed by atoms with Crippen LogP contribution in [0.15, 0.2) is 40.9 Å². The molecule has 5 heteroatoms. The van der Waals surface area contributed by atoms with Crippen LogP contribution in [0.4, 0.5) is 15.8 Å². The van der Waals surface area contributed by atoms with Crippen LogP contribution in [0, 0.1) is 12.7 Å². The summed E-state index contributed by atoms with van der Waals surface area (Å²) in [5, 5.41) is 3.23. The number of anilines is 2. The Kier molecular flexibility index (Phi) is 4.17. The van der Waals surface area contributed by atoms with Crippen LogP contribution in [0.2, 0.25) is 0 Å². The van der Waals surface area contributed by atoms with Gasteiger partial charge < -0.3 is 11.1 Å². The SMILES string of the molecule is Cc1ccc(Br)cc1Nc1ccc(F)cc1C(N)=S. The van der Waals surface area contributed by atoms with Gasteiger partial charge in [0.15, 0.2) is 0 Å². The fourth-order valence-electron chi connectivity index (χ4n) is 1.70. The van der Waals surface area contributed by atoms with E-state index in [-0.39, 0.29) is 10.8 Å². The summed E-state index contributed by atoms with van der Waals surface area (Å²) in [5.74, 6) is -0.362. The molecule has 0 spiro atoms. The lowest BCUT2D eigenvalue weighted by Crippen LogP contribution is -2.12. The van der Waals surface area contributed by atoms with E-state index in [0.717, 1.165) is 15.7 Å². The van der Waals surface area contributed by atoms with E-state index < -0.39 is 0 Å². The highest BCUT2D eigenvalue weighted by molar-refractivity contribution is 9.10. The maximum Gasteiger partial charge on any atom is 0.124 e. The third kappa shape index (κ3) is 3.30. The fraction of sp³-hybridized carbons (Fsp3) is 0.0714. The third-order valence-corrected chi connectivity index (χ3v) is 3.43. The van der Waals surface area contributed by atoms with Gasteiger partial charge in [0.1, 0.15) is 10.8 Å². The van der Waals surface area contributed by atoms with Crippen LogP contribution in [0.1, 0.15) is 11.1 Å². The highest BCUT2D eigenvalue weighted by Gasteiger charge is 2.08. The van der Waals surface area contributed by atoms with E-state index >= 15 is 0 Å². The van der Waals surface area contributed by atoms with Crippen LogP contribution in [-0.4, -0.2) is 4.99 Å². The summed E-state index contributed by atoms with van der Waals surface area (Å²) >= 11 is 8.36. The largest absolute Gasteiger partial charge is 0.389 e. The van der Waals surface area contributed by atoms with E-state index in [0.29, 0.717) is 11.3 Å². The molecule has 2 nitrogen and oxygen atoms in total. The summed E-state index contributed by atoms with van der Waals surface area (Å²) in [6, 6.07) is 10.2. The lowest BCUT2D eigenvalue weighted by molar-refractivity contribution is 0.628.